The molecule has 2 nitrogen and oxygen atoms in total. The van der Waals surface area contributed by atoms with Gasteiger partial charge in [0.1, 0.15) is 5.82 Å². The van der Waals surface area contributed by atoms with E-state index < -0.39 is 0 Å². The summed E-state index contributed by atoms with van der Waals surface area (Å²) in [6.45, 7) is 2.06. The molecule has 1 heterocycles. The van der Waals surface area contributed by atoms with Crippen molar-refractivity contribution in [2.75, 3.05) is 13.1 Å². The van der Waals surface area contributed by atoms with Crippen molar-refractivity contribution in [3.05, 3.63) is 34.6 Å². The molecule has 0 amide bonds. The summed E-state index contributed by atoms with van der Waals surface area (Å²) in [5, 5.41) is 3.88. The van der Waals surface area contributed by atoms with E-state index in [1.807, 2.05) is 0 Å². The maximum absolute atomic E-state index is 13.6. The monoisotopic (exact) mass is 256 g/mol. The first-order valence-electron chi connectivity index (χ1n) is 6.08. The molecule has 0 radical (unpaired) electrons. The van der Waals surface area contributed by atoms with Crippen molar-refractivity contribution in [3.63, 3.8) is 0 Å². The number of hydrogen-bond acceptors (Lipinski definition) is 2. The first-order chi connectivity index (χ1) is 8.16. The van der Waals surface area contributed by atoms with Crippen LogP contribution in [0.5, 0.6) is 0 Å². The molecule has 0 aliphatic carbocycles. The van der Waals surface area contributed by atoms with Gasteiger partial charge in [-0.25, -0.2) is 4.39 Å². The lowest BCUT2D eigenvalue weighted by Crippen LogP contribution is -2.32. The van der Waals surface area contributed by atoms with Crippen LogP contribution in [0.1, 0.15) is 30.9 Å². The van der Waals surface area contributed by atoms with Crippen LogP contribution in [0.25, 0.3) is 0 Å². The Bertz CT molecular complexity index is 378. The minimum atomic E-state index is -0.265. The average molecular weight is 257 g/mol. The van der Waals surface area contributed by atoms with Gasteiger partial charge in [-0.15, -0.1) is 0 Å². The van der Waals surface area contributed by atoms with Crippen LogP contribution in [0.3, 0.4) is 0 Å². The molecule has 1 saturated heterocycles. The molecule has 0 spiro atoms. The number of piperidine rings is 1. The molecule has 17 heavy (non-hydrogen) atoms. The van der Waals surface area contributed by atoms with E-state index in [1.54, 1.807) is 12.1 Å². The predicted octanol–water partition coefficient (Wildman–Crippen LogP) is 2.87. The van der Waals surface area contributed by atoms with Crippen LogP contribution in [0, 0.1) is 11.7 Å². The third kappa shape index (κ3) is 3.41. The van der Waals surface area contributed by atoms with Crippen LogP contribution in [-0.2, 0) is 0 Å². The van der Waals surface area contributed by atoms with Gasteiger partial charge < -0.3 is 11.1 Å². The van der Waals surface area contributed by atoms with E-state index in [-0.39, 0.29) is 11.9 Å². The van der Waals surface area contributed by atoms with Gasteiger partial charge in [0.05, 0.1) is 0 Å². The van der Waals surface area contributed by atoms with Gasteiger partial charge in [-0.3, -0.25) is 0 Å². The summed E-state index contributed by atoms with van der Waals surface area (Å²) in [5.74, 6) is 0.280. The van der Waals surface area contributed by atoms with Gasteiger partial charge in [-0.05, 0) is 56.5 Å². The maximum Gasteiger partial charge on any atom is 0.128 e. The third-order valence-corrected chi connectivity index (χ3v) is 3.58. The fourth-order valence-electron chi connectivity index (χ4n) is 2.41. The zero-order chi connectivity index (χ0) is 12.3. The van der Waals surface area contributed by atoms with E-state index in [9.17, 15) is 4.39 Å². The molecular formula is C13H18ClFN2. The quantitative estimate of drug-likeness (QED) is 0.873. The van der Waals surface area contributed by atoms with Gasteiger partial charge in [0.25, 0.3) is 0 Å². The van der Waals surface area contributed by atoms with Crippen molar-refractivity contribution >= 4 is 11.6 Å². The van der Waals surface area contributed by atoms with Gasteiger partial charge in [-0.1, -0.05) is 11.6 Å². The highest BCUT2D eigenvalue weighted by molar-refractivity contribution is 6.30. The molecule has 1 aliphatic rings. The maximum atomic E-state index is 13.6. The number of halogens is 2. The third-order valence-electron chi connectivity index (χ3n) is 3.34. The summed E-state index contributed by atoms with van der Waals surface area (Å²) in [6, 6.07) is 4.31. The fourth-order valence-corrected chi connectivity index (χ4v) is 2.59. The SMILES string of the molecule is NC(CC1CCCNC1)c1cc(Cl)ccc1F. The van der Waals surface area contributed by atoms with Gasteiger partial charge in [0.15, 0.2) is 0 Å². The Hall–Kier alpha value is -0.640. The minimum Gasteiger partial charge on any atom is -0.324 e. The van der Waals surface area contributed by atoms with Crippen LogP contribution in [0.2, 0.25) is 5.02 Å². The predicted molar refractivity (Wildman–Crippen MR) is 68.5 cm³/mol. The lowest BCUT2D eigenvalue weighted by molar-refractivity contribution is 0.334. The highest BCUT2D eigenvalue weighted by Crippen LogP contribution is 2.27. The number of benzene rings is 1. The molecular weight excluding hydrogens is 239 g/mol. The van der Waals surface area contributed by atoms with Crippen molar-refractivity contribution in [1.29, 1.82) is 0 Å². The molecule has 94 valence electrons. The van der Waals surface area contributed by atoms with E-state index in [2.05, 4.69) is 5.32 Å². The largest absolute Gasteiger partial charge is 0.324 e. The molecule has 1 fully saturated rings. The summed E-state index contributed by atoms with van der Waals surface area (Å²) < 4.78 is 13.6. The van der Waals surface area contributed by atoms with Crippen molar-refractivity contribution < 1.29 is 4.39 Å². The molecule has 0 aromatic heterocycles. The zero-order valence-electron chi connectivity index (χ0n) is 9.76. The molecule has 2 rings (SSSR count). The second-order valence-electron chi connectivity index (χ2n) is 4.72. The van der Waals surface area contributed by atoms with Gasteiger partial charge in [-0.2, -0.15) is 0 Å². The normalized spacial score (nSPS) is 22.4. The molecule has 0 saturated carbocycles. The molecule has 1 aromatic carbocycles. The smallest absolute Gasteiger partial charge is 0.128 e. The van der Waals surface area contributed by atoms with E-state index in [0.29, 0.717) is 16.5 Å². The number of hydrogen-bond donors (Lipinski definition) is 2. The zero-order valence-corrected chi connectivity index (χ0v) is 10.5. The molecule has 1 aliphatic heterocycles. The second kappa shape index (κ2) is 5.80. The van der Waals surface area contributed by atoms with Crippen LogP contribution in [0.15, 0.2) is 18.2 Å². The Morgan fingerprint density at radius 1 is 1.53 bits per heavy atom. The minimum absolute atomic E-state index is 0.259. The van der Waals surface area contributed by atoms with Crippen molar-refractivity contribution in [3.8, 4) is 0 Å². The fraction of sp³-hybridized carbons (Fsp3) is 0.538. The summed E-state index contributed by atoms with van der Waals surface area (Å²) in [4.78, 5) is 0. The van der Waals surface area contributed by atoms with Crippen LogP contribution in [0.4, 0.5) is 4.39 Å². The molecule has 2 atom stereocenters. The Kier molecular flexibility index (Phi) is 4.37. The number of nitrogens with two attached hydrogens (primary N) is 1. The first-order valence-corrected chi connectivity index (χ1v) is 6.46. The lowest BCUT2D eigenvalue weighted by Gasteiger charge is -2.25. The number of rotatable bonds is 3. The van der Waals surface area contributed by atoms with Crippen molar-refractivity contribution in [2.45, 2.75) is 25.3 Å². The Balaban J connectivity index is 2.02. The second-order valence-corrected chi connectivity index (χ2v) is 5.16. The molecule has 1 aromatic rings. The van der Waals surface area contributed by atoms with Crippen molar-refractivity contribution in [1.82, 2.24) is 5.32 Å². The van der Waals surface area contributed by atoms with Crippen LogP contribution in [-0.4, -0.2) is 13.1 Å². The molecule has 3 N–H and O–H groups in total. The molecule has 2 unspecified atom stereocenters. The first kappa shape index (κ1) is 12.8. The highest BCUT2D eigenvalue weighted by atomic mass is 35.5. The summed E-state index contributed by atoms with van der Waals surface area (Å²) in [5.41, 5.74) is 6.60. The number of nitrogens with one attached hydrogen (secondary N) is 1. The topological polar surface area (TPSA) is 38.0 Å². The highest BCUT2D eigenvalue weighted by Gasteiger charge is 2.19. The summed E-state index contributed by atoms with van der Waals surface area (Å²) in [7, 11) is 0. The van der Waals surface area contributed by atoms with E-state index in [4.69, 9.17) is 17.3 Å². The lowest BCUT2D eigenvalue weighted by atomic mass is 9.90. The average Bonchev–Trinajstić information content (AvgIpc) is 2.33. The van der Waals surface area contributed by atoms with Crippen LogP contribution >= 0.6 is 11.6 Å². The van der Waals surface area contributed by atoms with Crippen molar-refractivity contribution in [2.24, 2.45) is 11.7 Å². The Labute approximate surface area is 106 Å². The van der Waals surface area contributed by atoms with Crippen LogP contribution < -0.4 is 11.1 Å². The van der Waals surface area contributed by atoms with E-state index >= 15 is 0 Å². The molecule has 4 heteroatoms. The van der Waals surface area contributed by atoms with E-state index in [1.165, 1.54) is 18.9 Å². The molecule has 0 bridgehead atoms. The Morgan fingerprint density at radius 3 is 3.06 bits per heavy atom. The van der Waals surface area contributed by atoms with Gasteiger partial charge >= 0.3 is 0 Å². The Morgan fingerprint density at radius 2 is 2.35 bits per heavy atom. The van der Waals surface area contributed by atoms with Gasteiger partial charge in [0.2, 0.25) is 0 Å². The standard InChI is InChI=1S/C13H18ClFN2/c14-10-3-4-12(15)11(7-10)13(16)6-9-2-1-5-17-8-9/h3-4,7,9,13,17H,1-2,5-6,8,16H2. The van der Waals surface area contributed by atoms with E-state index in [0.717, 1.165) is 19.5 Å². The summed E-state index contributed by atoms with van der Waals surface area (Å²) in [6.07, 6.45) is 3.16. The summed E-state index contributed by atoms with van der Waals surface area (Å²) >= 11 is 5.87. The van der Waals surface area contributed by atoms with Gasteiger partial charge in [0, 0.05) is 16.6 Å².